The second-order valence-electron chi connectivity index (χ2n) is 5.82. The molecule has 0 spiro atoms. The van der Waals surface area contributed by atoms with Crippen LogP contribution >= 0.6 is 0 Å². The van der Waals surface area contributed by atoms with Gasteiger partial charge in [0.2, 0.25) is 0 Å². The van der Waals surface area contributed by atoms with Crippen LogP contribution < -0.4 is 0 Å². The molecular weight excluding hydrogens is 312 g/mol. The molecular formula is C14H20O9. The quantitative estimate of drug-likeness (QED) is 0.412. The molecule has 9 heteroatoms. The Morgan fingerprint density at radius 2 is 1.30 bits per heavy atom. The van der Waals surface area contributed by atoms with Crippen molar-refractivity contribution in [2.45, 2.75) is 56.7 Å². The van der Waals surface area contributed by atoms with Crippen LogP contribution in [0.2, 0.25) is 0 Å². The number of carboxylic acids is 1. The van der Waals surface area contributed by atoms with Gasteiger partial charge in [-0.05, 0) is 13.8 Å². The van der Waals surface area contributed by atoms with E-state index in [4.69, 9.17) is 24.1 Å². The van der Waals surface area contributed by atoms with Crippen molar-refractivity contribution in [1.82, 2.24) is 0 Å². The van der Waals surface area contributed by atoms with Gasteiger partial charge in [-0.2, -0.15) is 0 Å². The van der Waals surface area contributed by atoms with E-state index >= 15 is 0 Å². The van der Waals surface area contributed by atoms with E-state index in [1.165, 1.54) is 0 Å². The first-order valence-electron chi connectivity index (χ1n) is 7.29. The maximum atomic E-state index is 11.6. The Balaban J connectivity index is 1.77. The smallest absolute Gasteiger partial charge is 0.336 e. The van der Waals surface area contributed by atoms with Crippen LogP contribution in [0.25, 0.3) is 0 Å². The minimum atomic E-state index is -2.57. The number of ether oxygens (including phenoxy) is 4. The molecule has 4 atom stereocenters. The zero-order valence-electron chi connectivity index (χ0n) is 12.9. The van der Waals surface area contributed by atoms with Gasteiger partial charge < -0.3 is 29.2 Å². The van der Waals surface area contributed by atoms with Crippen LogP contribution in [0.3, 0.4) is 0 Å². The predicted molar refractivity (Wildman–Crippen MR) is 72.4 cm³/mol. The number of hydrogen-bond donors (Lipinski definition) is 2. The third-order valence-electron chi connectivity index (χ3n) is 3.76. The first-order chi connectivity index (χ1) is 10.7. The highest BCUT2D eigenvalue weighted by Crippen LogP contribution is 2.24. The summed E-state index contributed by atoms with van der Waals surface area (Å²) in [5.41, 5.74) is -2.57. The lowest BCUT2D eigenvalue weighted by molar-refractivity contribution is -0.173. The summed E-state index contributed by atoms with van der Waals surface area (Å²) in [5, 5.41) is 19.1. The molecule has 0 aliphatic carbocycles. The Kier molecular flexibility index (Phi) is 5.23. The lowest BCUT2D eigenvalue weighted by atomic mass is 9.96. The molecule has 23 heavy (non-hydrogen) atoms. The van der Waals surface area contributed by atoms with Crippen LogP contribution in [0.1, 0.15) is 26.7 Å². The lowest BCUT2D eigenvalue weighted by Crippen LogP contribution is -2.43. The molecule has 0 amide bonds. The van der Waals surface area contributed by atoms with E-state index in [9.17, 15) is 19.5 Å². The van der Waals surface area contributed by atoms with E-state index in [0.717, 1.165) is 0 Å². The number of rotatable bonds is 9. The average molecular weight is 332 g/mol. The number of carbonyl (C=O) groups is 3. The number of esters is 2. The Labute approximate surface area is 132 Å². The van der Waals surface area contributed by atoms with E-state index in [0.29, 0.717) is 0 Å². The SMILES string of the molecule is CC1OC1COC(=O)CC(O)(CC(=O)OCC1OC1C)C(=O)O. The van der Waals surface area contributed by atoms with E-state index < -0.39 is 36.4 Å². The summed E-state index contributed by atoms with van der Waals surface area (Å²) in [6, 6.07) is 0. The molecule has 2 N–H and O–H groups in total. The molecule has 0 aromatic rings. The van der Waals surface area contributed by atoms with Gasteiger partial charge in [-0.25, -0.2) is 4.79 Å². The van der Waals surface area contributed by atoms with Crippen molar-refractivity contribution < 1.29 is 43.5 Å². The van der Waals surface area contributed by atoms with E-state index in [2.05, 4.69) is 0 Å². The van der Waals surface area contributed by atoms with Gasteiger partial charge >= 0.3 is 17.9 Å². The number of carbonyl (C=O) groups excluding carboxylic acids is 2. The summed E-state index contributed by atoms with van der Waals surface area (Å²) in [6.45, 7) is 3.56. The molecule has 2 saturated heterocycles. The monoisotopic (exact) mass is 332 g/mol. The van der Waals surface area contributed by atoms with Crippen LogP contribution in [0.4, 0.5) is 0 Å². The van der Waals surface area contributed by atoms with Crippen molar-refractivity contribution in [2.24, 2.45) is 0 Å². The summed E-state index contributed by atoms with van der Waals surface area (Å²) in [7, 11) is 0. The predicted octanol–water partition coefficient (Wildman–Crippen LogP) is -0.757. The topological polar surface area (TPSA) is 135 Å². The van der Waals surface area contributed by atoms with Crippen molar-refractivity contribution >= 4 is 17.9 Å². The van der Waals surface area contributed by atoms with E-state index in [1.807, 2.05) is 0 Å². The Bertz CT molecular complexity index is 455. The molecule has 9 nitrogen and oxygen atoms in total. The fraction of sp³-hybridized carbons (Fsp3) is 0.786. The Hall–Kier alpha value is -1.71. The van der Waals surface area contributed by atoms with Crippen LogP contribution in [0.5, 0.6) is 0 Å². The normalized spacial score (nSPS) is 30.9. The third kappa shape index (κ3) is 5.15. The maximum Gasteiger partial charge on any atom is 0.336 e. The fourth-order valence-electron chi connectivity index (χ4n) is 1.95. The highest BCUT2D eigenvalue weighted by Gasteiger charge is 2.43. The zero-order chi connectivity index (χ0) is 17.2. The molecule has 0 saturated carbocycles. The number of aliphatic hydroxyl groups is 1. The van der Waals surface area contributed by atoms with Gasteiger partial charge in [-0.15, -0.1) is 0 Å². The molecule has 2 fully saturated rings. The summed E-state index contributed by atoms with van der Waals surface area (Å²) < 4.78 is 19.7. The molecule has 2 heterocycles. The third-order valence-corrected chi connectivity index (χ3v) is 3.76. The highest BCUT2D eigenvalue weighted by atomic mass is 16.6. The van der Waals surface area contributed by atoms with Crippen molar-refractivity contribution in [3.63, 3.8) is 0 Å². The van der Waals surface area contributed by atoms with Crippen LogP contribution in [-0.2, 0) is 33.3 Å². The minimum Gasteiger partial charge on any atom is -0.479 e. The fourth-order valence-corrected chi connectivity index (χ4v) is 1.95. The molecule has 130 valence electrons. The lowest BCUT2D eigenvalue weighted by Gasteiger charge is -2.21. The molecule has 2 aliphatic heterocycles. The molecule has 0 aromatic carbocycles. The number of carboxylic acid groups (broad SMARTS) is 1. The molecule has 0 radical (unpaired) electrons. The van der Waals surface area contributed by atoms with Crippen LogP contribution in [-0.4, -0.2) is 71.4 Å². The van der Waals surface area contributed by atoms with Crippen molar-refractivity contribution in [1.29, 1.82) is 0 Å². The molecule has 0 aromatic heterocycles. The summed E-state index contributed by atoms with van der Waals surface area (Å²) in [5.74, 6) is -3.55. The van der Waals surface area contributed by atoms with E-state index in [1.54, 1.807) is 13.8 Å². The highest BCUT2D eigenvalue weighted by molar-refractivity contribution is 5.89. The van der Waals surface area contributed by atoms with Crippen molar-refractivity contribution in [2.75, 3.05) is 13.2 Å². The molecule has 4 unspecified atom stereocenters. The van der Waals surface area contributed by atoms with Gasteiger partial charge in [0, 0.05) is 0 Å². The minimum absolute atomic E-state index is 0.0110. The second-order valence-corrected chi connectivity index (χ2v) is 5.82. The van der Waals surface area contributed by atoms with E-state index in [-0.39, 0.29) is 37.6 Å². The second kappa shape index (κ2) is 6.81. The van der Waals surface area contributed by atoms with Gasteiger partial charge in [-0.1, -0.05) is 0 Å². The summed E-state index contributed by atoms with van der Waals surface area (Å²) >= 11 is 0. The zero-order valence-corrected chi connectivity index (χ0v) is 12.9. The van der Waals surface area contributed by atoms with Gasteiger partial charge in [0.25, 0.3) is 0 Å². The molecule has 0 bridgehead atoms. The van der Waals surface area contributed by atoms with Crippen LogP contribution in [0, 0.1) is 0 Å². The Morgan fingerprint density at radius 1 is 0.957 bits per heavy atom. The maximum absolute atomic E-state index is 11.6. The Morgan fingerprint density at radius 3 is 1.57 bits per heavy atom. The first-order valence-corrected chi connectivity index (χ1v) is 7.29. The number of hydrogen-bond acceptors (Lipinski definition) is 8. The van der Waals surface area contributed by atoms with Crippen LogP contribution in [0.15, 0.2) is 0 Å². The summed E-state index contributed by atoms with van der Waals surface area (Å²) in [4.78, 5) is 34.4. The first kappa shape index (κ1) is 17.6. The van der Waals surface area contributed by atoms with Crippen molar-refractivity contribution in [3.8, 4) is 0 Å². The van der Waals surface area contributed by atoms with Gasteiger partial charge in [0.15, 0.2) is 5.60 Å². The largest absolute Gasteiger partial charge is 0.479 e. The van der Waals surface area contributed by atoms with Crippen molar-refractivity contribution in [3.05, 3.63) is 0 Å². The number of aliphatic carboxylic acids is 1. The standard InChI is InChI=1S/C14H20O9/c1-7-9(22-7)5-20-11(15)3-14(19,13(17)18)4-12(16)21-6-10-8(2)23-10/h7-10,19H,3-6H2,1-2H3,(H,17,18). The summed E-state index contributed by atoms with van der Waals surface area (Å²) in [6.07, 6.45) is -2.14. The number of epoxide rings is 2. The molecule has 2 aliphatic rings. The molecule has 2 rings (SSSR count). The van der Waals surface area contributed by atoms with Gasteiger partial charge in [0.05, 0.1) is 25.0 Å². The van der Waals surface area contributed by atoms with Gasteiger partial charge in [-0.3, -0.25) is 9.59 Å². The van der Waals surface area contributed by atoms with Gasteiger partial charge in [0.1, 0.15) is 25.4 Å². The average Bonchev–Trinajstić information content (AvgIpc) is 3.33.